The van der Waals surface area contributed by atoms with Gasteiger partial charge in [0.2, 0.25) is 0 Å². The number of hydrogen-bond acceptors (Lipinski definition) is 1. The first-order valence-electron chi connectivity index (χ1n) is 7.92. The van der Waals surface area contributed by atoms with Gasteiger partial charge in [-0.05, 0) is 55.7 Å². The maximum absolute atomic E-state index is 14.1. The van der Waals surface area contributed by atoms with Crippen LogP contribution in [-0.4, -0.2) is 12.6 Å². The van der Waals surface area contributed by atoms with Gasteiger partial charge < -0.3 is 5.32 Å². The van der Waals surface area contributed by atoms with Gasteiger partial charge >= 0.3 is 0 Å². The largest absolute Gasteiger partial charge is 0.314 e. The van der Waals surface area contributed by atoms with Crippen LogP contribution in [0, 0.1) is 17.6 Å². The van der Waals surface area contributed by atoms with Gasteiger partial charge in [0.1, 0.15) is 11.6 Å². The zero-order valence-corrected chi connectivity index (χ0v) is 11.9. The van der Waals surface area contributed by atoms with Crippen molar-refractivity contribution >= 4 is 0 Å². The van der Waals surface area contributed by atoms with Gasteiger partial charge in [-0.1, -0.05) is 25.3 Å². The van der Waals surface area contributed by atoms with Gasteiger partial charge in [-0.25, -0.2) is 8.78 Å². The lowest BCUT2D eigenvalue weighted by Gasteiger charge is -2.26. The Morgan fingerprint density at radius 2 is 1.80 bits per heavy atom. The van der Waals surface area contributed by atoms with E-state index >= 15 is 0 Å². The SMILES string of the molecule is Fc1ccc(C2CCCCCC2CNC2CC2)c(F)c1. The van der Waals surface area contributed by atoms with E-state index < -0.39 is 5.82 Å². The molecule has 2 aliphatic carbocycles. The number of hydrogen-bond donors (Lipinski definition) is 1. The van der Waals surface area contributed by atoms with Crippen LogP contribution >= 0.6 is 0 Å². The molecule has 2 fully saturated rings. The smallest absolute Gasteiger partial charge is 0.129 e. The minimum atomic E-state index is -0.479. The van der Waals surface area contributed by atoms with Crippen LogP contribution in [0.2, 0.25) is 0 Å². The van der Waals surface area contributed by atoms with E-state index in [2.05, 4.69) is 5.32 Å². The van der Waals surface area contributed by atoms with E-state index in [0.29, 0.717) is 12.0 Å². The highest BCUT2D eigenvalue weighted by atomic mass is 19.1. The number of benzene rings is 1. The van der Waals surface area contributed by atoms with Gasteiger partial charge in [0.15, 0.2) is 0 Å². The highest BCUT2D eigenvalue weighted by Crippen LogP contribution is 2.38. The molecule has 0 aromatic heterocycles. The minimum absolute atomic E-state index is 0.240. The quantitative estimate of drug-likeness (QED) is 0.806. The summed E-state index contributed by atoms with van der Waals surface area (Å²) in [7, 11) is 0. The number of halogens is 2. The third-order valence-electron chi connectivity index (χ3n) is 4.77. The fourth-order valence-corrected chi connectivity index (χ4v) is 3.45. The normalized spacial score (nSPS) is 27.3. The molecule has 0 radical (unpaired) electrons. The van der Waals surface area contributed by atoms with E-state index in [0.717, 1.165) is 37.4 Å². The molecule has 0 amide bonds. The van der Waals surface area contributed by atoms with E-state index in [-0.39, 0.29) is 11.7 Å². The Bertz CT molecular complexity index is 456. The third kappa shape index (κ3) is 3.38. The average Bonchev–Trinajstić information content (AvgIpc) is 3.23. The van der Waals surface area contributed by atoms with Crippen molar-refractivity contribution in [3.05, 3.63) is 35.4 Å². The summed E-state index contributed by atoms with van der Waals surface area (Å²) < 4.78 is 27.2. The predicted molar refractivity (Wildman–Crippen MR) is 76.7 cm³/mol. The Balaban J connectivity index is 1.77. The van der Waals surface area contributed by atoms with Crippen LogP contribution in [0.15, 0.2) is 18.2 Å². The molecular formula is C17H23F2N. The zero-order chi connectivity index (χ0) is 13.9. The molecular weight excluding hydrogens is 256 g/mol. The van der Waals surface area contributed by atoms with E-state index in [9.17, 15) is 8.78 Å². The van der Waals surface area contributed by atoms with E-state index in [1.54, 1.807) is 6.07 Å². The van der Waals surface area contributed by atoms with E-state index in [1.165, 1.54) is 31.7 Å². The summed E-state index contributed by atoms with van der Waals surface area (Å²) in [5.41, 5.74) is 0.718. The van der Waals surface area contributed by atoms with Gasteiger partial charge in [-0.2, -0.15) is 0 Å². The average molecular weight is 279 g/mol. The molecule has 0 heterocycles. The van der Waals surface area contributed by atoms with Gasteiger partial charge in [0.25, 0.3) is 0 Å². The van der Waals surface area contributed by atoms with Crippen molar-refractivity contribution in [3.63, 3.8) is 0 Å². The molecule has 0 bridgehead atoms. The van der Waals surface area contributed by atoms with Crippen LogP contribution in [-0.2, 0) is 0 Å². The maximum atomic E-state index is 14.1. The van der Waals surface area contributed by atoms with Crippen LogP contribution in [0.25, 0.3) is 0 Å². The van der Waals surface area contributed by atoms with Crippen LogP contribution in [0.1, 0.15) is 56.4 Å². The summed E-state index contributed by atoms with van der Waals surface area (Å²) in [5.74, 6) is -0.122. The molecule has 1 aromatic rings. The molecule has 2 unspecified atom stereocenters. The second kappa shape index (κ2) is 6.21. The van der Waals surface area contributed by atoms with Crippen LogP contribution in [0.5, 0.6) is 0 Å². The fraction of sp³-hybridized carbons (Fsp3) is 0.647. The highest BCUT2D eigenvalue weighted by molar-refractivity contribution is 5.24. The second-order valence-electron chi connectivity index (χ2n) is 6.35. The van der Waals surface area contributed by atoms with Gasteiger partial charge in [-0.3, -0.25) is 0 Å². The molecule has 0 aliphatic heterocycles. The van der Waals surface area contributed by atoms with Gasteiger partial charge in [-0.15, -0.1) is 0 Å². The molecule has 0 saturated heterocycles. The first kappa shape index (κ1) is 14.0. The zero-order valence-electron chi connectivity index (χ0n) is 11.9. The van der Waals surface area contributed by atoms with Crippen molar-refractivity contribution in [1.29, 1.82) is 0 Å². The van der Waals surface area contributed by atoms with Crippen molar-refractivity contribution in [2.24, 2.45) is 5.92 Å². The highest BCUT2D eigenvalue weighted by Gasteiger charge is 2.29. The summed E-state index contributed by atoms with van der Waals surface area (Å²) in [5, 5.41) is 3.59. The molecule has 3 heteroatoms. The Morgan fingerprint density at radius 1 is 1.00 bits per heavy atom. The lowest BCUT2D eigenvalue weighted by molar-refractivity contribution is 0.365. The first-order valence-corrected chi connectivity index (χ1v) is 7.92. The van der Waals surface area contributed by atoms with Crippen molar-refractivity contribution in [3.8, 4) is 0 Å². The summed E-state index contributed by atoms with van der Waals surface area (Å²) in [6.07, 6.45) is 8.36. The van der Waals surface area contributed by atoms with E-state index in [1.807, 2.05) is 0 Å². The Kier molecular flexibility index (Phi) is 4.35. The summed E-state index contributed by atoms with van der Waals surface area (Å²) in [6.45, 7) is 0.978. The molecule has 1 aromatic carbocycles. The molecule has 2 atom stereocenters. The fourth-order valence-electron chi connectivity index (χ4n) is 3.45. The lowest BCUT2D eigenvalue weighted by atomic mass is 9.82. The predicted octanol–water partition coefficient (Wildman–Crippen LogP) is 4.38. The molecule has 110 valence electrons. The first-order chi connectivity index (χ1) is 9.74. The molecule has 1 N–H and O–H groups in total. The van der Waals surface area contributed by atoms with Crippen molar-refractivity contribution in [2.45, 2.75) is 56.9 Å². The van der Waals surface area contributed by atoms with Crippen LogP contribution < -0.4 is 5.32 Å². The molecule has 20 heavy (non-hydrogen) atoms. The summed E-state index contributed by atoms with van der Waals surface area (Å²) in [6, 6.07) is 4.78. The minimum Gasteiger partial charge on any atom is -0.314 e. The van der Waals surface area contributed by atoms with Crippen LogP contribution in [0.4, 0.5) is 8.78 Å². The van der Waals surface area contributed by atoms with Crippen molar-refractivity contribution < 1.29 is 8.78 Å². The Hall–Kier alpha value is -0.960. The Labute approximate surface area is 119 Å². The van der Waals surface area contributed by atoms with Gasteiger partial charge in [0.05, 0.1) is 0 Å². The molecule has 2 saturated carbocycles. The van der Waals surface area contributed by atoms with Gasteiger partial charge in [0, 0.05) is 12.1 Å². The summed E-state index contributed by atoms with van der Waals surface area (Å²) >= 11 is 0. The standard InChI is InChI=1S/C17H23F2N/c18-13-6-9-16(17(19)10-13)15-5-3-1-2-4-12(15)11-20-14-7-8-14/h6,9-10,12,14-15,20H,1-5,7-8,11H2. The Morgan fingerprint density at radius 3 is 2.55 bits per heavy atom. The topological polar surface area (TPSA) is 12.0 Å². The lowest BCUT2D eigenvalue weighted by Crippen LogP contribution is -2.28. The third-order valence-corrected chi connectivity index (χ3v) is 4.77. The maximum Gasteiger partial charge on any atom is 0.129 e. The van der Waals surface area contributed by atoms with E-state index in [4.69, 9.17) is 0 Å². The van der Waals surface area contributed by atoms with Crippen molar-refractivity contribution in [2.75, 3.05) is 6.54 Å². The molecule has 2 aliphatic rings. The molecule has 3 rings (SSSR count). The van der Waals surface area contributed by atoms with Crippen LogP contribution in [0.3, 0.4) is 0 Å². The second-order valence-corrected chi connectivity index (χ2v) is 6.35. The summed E-state index contributed by atoms with van der Waals surface area (Å²) in [4.78, 5) is 0. The molecule has 0 spiro atoms. The van der Waals surface area contributed by atoms with Crippen molar-refractivity contribution in [1.82, 2.24) is 5.32 Å². The number of rotatable bonds is 4. The number of nitrogens with one attached hydrogen (secondary N) is 1. The molecule has 1 nitrogen and oxygen atoms in total. The monoisotopic (exact) mass is 279 g/mol.